The van der Waals surface area contributed by atoms with Crippen LogP contribution >= 0.6 is 0 Å². The van der Waals surface area contributed by atoms with Gasteiger partial charge in [-0.25, -0.2) is 0 Å². The van der Waals surface area contributed by atoms with Crippen molar-refractivity contribution in [1.29, 1.82) is 0 Å². The molecule has 2 N–H and O–H groups in total. The van der Waals surface area contributed by atoms with Gasteiger partial charge >= 0.3 is 0 Å². The van der Waals surface area contributed by atoms with E-state index in [1.165, 1.54) is 0 Å². The molecule has 1 aliphatic rings. The van der Waals surface area contributed by atoms with Crippen LogP contribution in [0.3, 0.4) is 0 Å². The molecule has 1 aromatic carbocycles. The quantitative estimate of drug-likeness (QED) is 0.797. The summed E-state index contributed by atoms with van der Waals surface area (Å²) in [5.74, 6) is 0.00687. The van der Waals surface area contributed by atoms with E-state index in [-0.39, 0.29) is 36.4 Å². The molecular weight excluding hydrogens is 316 g/mol. The molecule has 1 heterocycles. The van der Waals surface area contributed by atoms with E-state index in [1.54, 1.807) is 11.8 Å². The zero-order valence-corrected chi connectivity index (χ0v) is 15.2. The normalized spacial score (nSPS) is 22.7. The summed E-state index contributed by atoms with van der Waals surface area (Å²) in [7, 11) is 0. The number of nitrogens with one attached hydrogen (secondary N) is 1. The minimum atomic E-state index is -0.233. The van der Waals surface area contributed by atoms with Crippen LogP contribution in [0.15, 0.2) is 30.3 Å². The number of aliphatic hydroxyl groups excluding tert-OH is 1. The third-order valence-electron chi connectivity index (χ3n) is 4.83. The van der Waals surface area contributed by atoms with Crippen LogP contribution in [-0.4, -0.2) is 47.1 Å². The number of hydrogen-bond acceptors (Lipinski definition) is 3. The lowest BCUT2D eigenvalue weighted by Gasteiger charge is -2.55. The van der Waals surface area contributed by atoms with Crippen molar-refractivity contribution in [3.8, 4) is 0 Å². The molecule has 25 heavy (non-hydrogen) atoms. The number of hydrogen-bond donors (Lipinski definition) is 2. The first-order valence-corrected chi connectivity index (χ1v) is 8.98. The maximum atomic E-state index is 12.3. The summed E-state index contributed by atoms with van der Waals surface area (Å²) in [5, 5.41) is 12.7. The molecule has 1 aromatic rings. The fraction of sp³-hybridized carbons (Fsp3) is 0.500. The summed E-state index contributed by atoms with van der Waals surface area (Å²) < 4.78 is 0. The number of likely N-dealkylation sites (tertiary alicyclic amines) is 1. The molecule has 0 aliphatic carbocycles. The number of amides is 2. The fourth-order valence-electron chi connectivity index (χ4n) is 3.54. The second kappa shape index (κ2) is 8.81. The Balaban J connectivity index is 2.24. The van der Waals surface area contributed by atoms with Crippen molar-refractivity contribution < 1.29 is 14.7 Å². The molecule has 2 amide bonds. The monoisotopic (exact) mass is 344 g/mol. The molecule has 1 fully saturated rings. The Kier molecular flexibility index (Phi) is 6.76. The van der Waals surface area contributed by atoms with Crippen LogP contribution in [0.25, 0.3) is 6.08 Å². The van der Waals surface area contributed by atoms with E-state index in [4.69, 9.17) is 0 Å². The predicted octanol–water partition coefficient (Wildman–Crippen LogP) is 2.31. The van der Waals surface area contributed by atoms with Gasteiger partial charge < -0.3 is 15.3 Å². The first-order chi connectivity index (χ1) is 12.1. The average molecular weight is 344 g/mol. The van der Waals surface area contributed by atoms with E-state index in [1.807, 2.05) is 50.3 Å². The van der Waals surface area contributed by atoms with Gasteiger partial charge in [0, 0.05) is 25.3 Å². The largest absolute Gasteiger partial charge is 0.394 e. The fourth-order valence-corrected chi connectivity index (χ4v) is 3.54. The number of rotatable bonds is 7. The number of nitrogens with zero attached hydrogens (tertiary/aromatic N) is 1. The Morgan fingerprint density at radius 1 is 1.16 bits per heavy atom. The van der Waals surface area contributed by atoms with Gasteiger partial charge in [0.05, 0.1) is 18.7 Å². The van der Waals surface area contributed by atoms with Crippen LogP contribution in [0, 0.1) is 0 Å². The van der Waals surface area contributed by atoms with Gasteiger partial charge in [-0.15, -0.1) is 0 Å². The van der Waals surface area contributed by atoms with Gasteiger partial charge in [0.15, 0.2) is 0 Å². The zero-order valence-electron chi connectivity index (χ0n) is 15.2. The number of benzene rings is 1. The maximum absolute atomic E-state index is 12.3. The summed E-state index contributed by atoms with van der Waals surface area (Å²) in [6, 6.07) is 7.82. The van der Waals surface area contributed by atoms with Gasteiger partial charge in [-0.3, -0.25) is 9.59 Å². The van der Waals surface area contributed by atoms with Crippen LogP contribution in [0.1, 0.15) is 50.7 Å². The molecule has 5 nitrogen and oxygen atoms in total. The van der Waals surface area contributed by atoms with Crippen LogP contribution in [0.4, 0.5) is 0 Å². The summed E-state index contributed by atoms with van der Waals surface area (Å²) in [4.78, 5) is 25.7. The minimum Gasteiger partial charge on any atom is -0.394 e. The van der Waals surface area contributed by atoms with Crippen molar-refractivity contribution in [2.45, 2.75) is 51.6 Å². The van der Waals surface area contributed by atoms with Crippen LogP contribution in [0.2, 0.25) is 0 Å². The lowest BCUT2D eigenvalue weighted by atomic mass is 9.74. The Bertz CT molecular complexity index is 624. The molecule has 0 radical (unpaired) electrons. The highest BCUT2D eigenvalue weighted by atomic mass is 16.3. The molecular formula is C20H28N2O3. The van der Waals surface area contributed by atoms with Crippen molar-refractivity contribution in [2.75, 3.05) is 13.2 Å². The van der Waals surface area contributed by atoms with E-state index in [2.05, 4.69) is 5.32 Å². The van der Waals surface area contributed by atoms with Crippen molar-refractivity contribution in [3.05, 3.63) is 41.5 Å². The van der Waals surface area contributed by atoms with Gasteiger partial charge in [0.1, 0.15) is 0 Å². The van der Waals surface area contributed by atoms with Crippen LogP contribution in [-0.2, 0) is 9.59 Å². The van der Waals surface area contributed by atoms with E-state index >= 15 is 0 Å². The van der Waals surface area contributed by atoms with E-state index in [0.717, 1.165) is 11.1 Å². The van der Waals surface area contributed by atoms with E-state index in [9.17, 15) is 14.7 Å². The molecule has 3 atom stereocenters. The minimum absolute atomic E-state index is 0.0107. The lowest BCUT2D eigenvalue weighted by Crippen LogP contribution is -2.68. The third kappa shape index (κ3) is 4.10. The summed E-state index contributed by atoms with van der Waals surface area (Å²) in [6.45, 7) is 5.93. The van der Waals surface area contributed by atoms with Crippen molar-refractivity contribution in [1.82, 2.24) is 10.2 Å². The predicted molar refractivity (Wildman–Crippen MR) is 99.0 cm³/mol. The highest BCUT2D eigenvalue weighted by molar-refractivity contribution is 5.79. The molecule has 0 spiro atoms. The van der Waals surface area contributed by atoms with Crippen molar-refractivity contribution in [3.63, 3.8) is 0 Å². The molecule has 1 aliphatic heterocycles. The second-order valence-corrected chi connectivity index (χ2v) is 6.32. The summed E-state index contributed by atoms with van der Waals surface area (Å²) in [6.07, 6.45) is 4.82. The maximum Gasteiger partial charge on any atom is 0.222 e. The molecule has 136 valence electrons. The van der Waals surface area contributed by atoms with Gasteiger partial charge in [0.2, 0.25) is 11.8 Å². The number of carbonyl (C=O) groups excluding carboxylic acids is 2. The molecule has 0 bridgehead atoms. The first-order valence-electron chi connectivity index (χ1n) is 8.98. The highest BCUT2D eigenvalue weighted by Gasteiger charge is 2.50. The van der Waals surface area contributed by atoms with E-state index < -0.39 is 0 Å². The SMILES string of the molecule is C/C=C/c1ccc([C@@H]2[C@@H](CNC(=O)CC)N(C(=O)CC)[C@H]2CO)cc1. The van der Waals surface area contributed by atoms with Gasteiger partial charge in [0.25, 0.3) is 0 Å². The number of allylic oxidation sites excluding steroid dienone is 1. The summed E-state index contributed by atoms with van der Waals surface area (Å²) >= 11 is 0. The summed E-state index contributed by atoms with van der Waals surface area (Å²) in [5.41, 5.74) is 2.20. The first kappa shape index (κ1) is 19.2. The van der Waals surface area contributed by atoms with Crippen molar-refractivity contribution >= 4 is 17.9 Å². The average Bonchev–Trinajstić information content (AvgIpc) is 2.62. The van der Waals surface area contributed by atoms with Gasteiger partial charge in [-0.2, -0.15) is 0 Å². The molecule has 0 unspecified atom stereocenters. The Labute approximate surface area is 149 Å². The zero-order chi connectivity index (χ0) is 18.4. The van der Waals surface area contributed by atoms with Crippen LogP contribution < -0.4 is 5.32 Å². The number of aliphatic hydroxyl groups is 1. The molecule has 5 heteroatoms. The Hall–Kier alpha value is -2.14. The standard InChI is InChI=1S/C20H28N2O3/c1-4-7-14-8-10-15(11-9-14)20-16(12-21-18(24)5-2)22(17(20)13-23)19(25)6-3/h4,7-11,16-17,20,23H,5-6,12-13H2,1-3H3,(H,21,24)/b7-4+/t16-,17+,20-/m1/s1. The molecule has 1 saturated heterocycles. The lowest BCUT2D eigenvalue weighted by molar-refractivity contribution is -0.150. The topological polar surface area (TPSA) is 69.6 Å². The van der Waals surface area contributed by atoms with E-state index in [0.29, 0.717) is 19.4 Å². The molecule has 0 aromatic heterocycles. The molecule has 0 saturated carbocycles. The second-order valence-electron chi connectivity index (χ2n) is 6.32. The Morgan fingerprint density at radius 3 is 2.36 bits per heavy atom. The van der Waals surface area contributed by atoms with Gasteiger partial charge in [-0.05, 0) is 18.1 Å². The van der Waals surface area contributed by atoms with Gasteiger partial charge in [-0.1, -0.05) is 50.3 Å². The number of carbonyl (C=O) groups is 2. The highest BCUT2D eigenvalue weighted by Crippen LogP contribution is 2.40. The van der Waals surface area contributed by atoms with Crippen LogP contribution in [0.5, 0.6) is 0 Å². The third-order valence-corrected chi connectivity index (χ3v) is 4.83. The van der Waals surface area contributed by atoms with Crippen molar-refractivity contribution in [2.24, 2.45) is 0 Å². The molecule has 2 rings (SSSR count). The smallest absolute Gasteiger partial charge is 0.222 e. The Morgan fingerprint density at radius 2 is 1.84 bits per heavy atom.